The molecule has 0 aromatic carbocycles. The third-order valence-electron chi connectivity index (χ3n) is 13.0. The summed E-state index contributed by atoms with van der Waals surface area (Å²) in [7, 11) is 0. The van der Waals surface area contributed by atoms with Crippen molar-refractivity contribution in [3.63, 3.8) is 0 Å². The molecule has 0 aliphatic carbocycles. The van der Waals surface area contributed by atoms with Crippen LogP contribution < -0.4 is 0 Å². The normalized spacial score (nSPS) is 11.7. The summed E-state index contributed by atoms with van der Waals surface area (Å²) in [4.78, 5) is 0. The molecule has 416 valence electrons. The average molecular weight is 1010 g/mol. The first-order chi connectivity index (χ1) is 34.3. The van der Waals surface area contributed by atoms with Crippen molar-refractivity contribution in [1.29, 1.82) is 0 Å². The van der Waals surface area contributed by atoms with Crippen molar-refractivity contribution in [3.05, 3.63) is 47.6 Å². The second-order valence-corrected chi connectivity index (χ2v) is 24.6. The first kappa shape index (κ1) is 66.6. The van der Waals surface area contributed by atoms with Gasteiger partial charge in [0.1, 0.15) is 0 Å². The van der Waals surface area contributed by atoms with E-state index in [1.807, 2.05) is 21.8 Å². The van der Waals surface area contributed by atoms with Crippen molar-refractivity contribution in [1.82, 2.24) is 60.0 Å². The summed E-state index contributed by atoms with van der Waals surface area (Å²) < 4.78 is 8.14. The van der Waals surface area contributed by atoms with Gasteiger partial charge in [0.2, 0.25) is 0 Å². The summed E-state index contributed by atoms with van der Waals surface area (Å²) in [6.07, 6.45) is 38.5. The molecule has 0 fully saturated rings. The maximum Gasteiger partial charge on any atom is 0.0827 e. The number of hydrogen-bond donors (Lipinski definition) is 0. The largest absolute Gasteiger partial charge is 0.252 e. The molecule has 4 aromatic rings. The van der Waals surface area contributed by atoms with Gasteiger partial charge < -0.3 is 0 Å². The van der Waals surface area contributed by atoms with Gasteiger partial charge in [-0.25, -0.2) is 9.36 Å². The molecule has 0 aliphatic heterocycles. The zero-order valence-electron chi connectivity index (χ0n) is 50.1. The minimum Gasteiger partial charge on any atom is -0.252 e. The minimum absolute atomic E-state index is 0.635. The van der Waals surface area contributed by atoms with Crippen molar-refractivity contribution < 1.29 is 0 Å². The van der Waals surface area contributed by atoms with Crippen LogP contribution in [0.1, 0.15) is 262 Å². The van der Waals surface area contributed by atoms with Gasteiger partial charge in [-0.15, -0.1) is 20.4 Å². The quantitative estimate of drug-likeness (QED) is 0.0413. The summed E-state index contributed by atoms with van der Waals surface area (Å²) in [5.41, 5.74) is 4.92. The van der Waals surface area contributed by atoms with Crippen molar-refractivity contribution in [2.45, 2.75) is 291 Å². The summed E-state index contributed by atoms with van der Waals surface area (Å²) in [6.45, 7) is 40.3. The molecular formula is C60H116N12. The van der Waals surface area contributed by atoms with E-state index in [0.717, 1.165) is 105 Å². The summed E-state index contributed by atoms with van der Waals surface area (Å²) in [5.74, 6) is 6.20. The lowest BCUT2D eigenvalue weighted by molar-refractivity contribution is 0.462. The number of nitrogens with zero attached hydrogens (tertiary/aromatic N) is 12. The first-order valence-electron chi connectivity index (χ1n) is 29.9. The Morgan fingerprint density at radius 3 is 1.10 bits per heavy atom. The average Bonchev–Trinajstić information content (AvgIpc) is 4.14. The van der Waals surface area contributed by atoms with Crippen LogP contribution in [0.25, 0.3) is 0 Å². The number of unbranched alkanes of at least 4 members (excludes halogenated alkanes) is 8. The van der Waals surface area contributed by atoms with Crippen LogP contribution in [0, 0.1) is 47.3 Å². The predicted molar refractivity (Wildman–Crippen MR) is 306 cm³/mol. The maximum atomic E-state index is 4.22. The Morgan fingerprint density at radius 1 is 0.319 bits per heavy atom. The van der Waals surface area contributed by atoms with Gasteiger partial charge in [0.15, 0.2) is 0 Å². The van der Waals surface area contributed by atoms with Gasteiger partial charge in [-0.2, -0.15) is 0 Å². The topological polar surface area (TPSA) is 123 Å². The zero-order valence-corrected chi connectivity index (χ0v) is 50.1. The molecule has 0 saturated carbocycles. The fourth-order valence-electron chi connectivity index (χ4n) is 8.37. The van der Waals surface area contributed by atoms with Crippen LogP contribution in [0.15, 0.2) is 24.8 Å². The molecule has 0 unspecified atom stereocenters. The Bertz CT molecular complexity index is 1680. The molecule has 4 rings (SSSR count). The van der Waals surface area contributed by atoms with Gasteiger partial charge in [-0.1, -0.05) is 209 Å². The summed E-state index contributed by atoms with van der Waals surface area (Å²) >= 11 is 0. The van der Waals surface area contributed by atoms with E-state index in [4.69, 9.17) is 0 Å². The molecule has 0 bridgehead atoms. The number of rotatable bonds is 36. The van der Waals surface area contributed by atoms with E-state index in [-0.39, 0.29) is 0 Å². The van der Waals surface area contributed by atoms with Gasteiger partial charge in [0, 0.05) is 38.6 Å². The molecule has 12 nitrogen and oxygen atoms in total. The fraction of sp³-hybridized carbons (Fsp3) is 0.867. The Balaban J connectivity index is 0.000000481. The lowest BCUT2D eigenvalue weighted by atomic mass is 10.0. The fourth-order valence-corrected chi connectivity index (χ4v) is 8.37. The Morgan fingerprint density at radius 2 is 0.667 bits per heavy atom. The highest BCUT2D eigenvalue weighted by atomic mass is 15.4. The van der Waals surface area contributed by atoms with E-state index in [1.165, 1.54) is 140 Å². The van der Waals surface area contributed by atoms with E-state index in [0.29, 0.717) is 5.92 Å². The Labute approximate surface area is 444 Å². The van der Waals surface area contributed by atoms with Crippen LogP contribution in [-0.2, 0) is 51.9 Å². The third kappa shape index (κ3) is 38.2. The molecule has 72 heavy (non-hydrogen) atoms. The van der Waals surface area contributed by atoms with E-state index in [1.54, 1.807) is 0 Å². The van der Waals surface area contributed by atoms with E-state index >= 15 is 0 Å². The van der Waals surface area contributed by atoms with Crippen LogP contribution in [0.4, 0.5) is 0 Å². The van der Waals surface area contributed by atoms with Gasteiger partial charge in [-0.05, 0) is 124 Å². The molecular weight excluding hydrogens is 889 g/mol. The highest BCUT2D eigenvalue weighted by molar-refractivity contribution is 4.95. The minimum atomic E-state index is 0.635. The predicted octanol–water partition coefficient (Wildman–Crippen LogP) is 16.3. The molecule has 0 radical (unpaired) electrons. The number of aryl methyl sites for hydroxylation is 7. The van der Waals surface area contributed by atoms with Crippen molar-refractivity contribution >= 4 is 0 Å². The van der Waals surface area contributed by atoms with Gasteiger partial charge in [0.25, 0.3) is 0 Å². The Hall–Kier alpha value is -3.44. The van der Waals surface area contributed by atoms with E-state index < -0.39 is 0 Å². The molecule has 0 saturated heterocycles. The smallest absolute Gasteiger partial charge is 0.0827 e. The van der Waals surface area contributed by atoms with Crippen LogP contribution in [-0.4, -0.2) is 60.0 Å². The van der Waals surface area contributed by atoms with E-state index in [2.05, 4.69) is 174 Å². The molecule has 0 amide bonds. The summed E-state index contributed by atoms with van der Waals surface area (Å²) in [5, 5.41) is 33.3. The van der Waals surface area contributed by atoms with Crippen molar-refractivity contribution in [3.8, 4) is 0 Å². The standard InChI is InChI=1S/2C16H31N3.2C14H27N3/c2*1-14(2)9-7-5-6-8-10-16-13-17-18-19(16)12-11-15(3)4;1-12(2)7-5-9-14-11-17(16-15-14)10-6-8-13(3)4;1-12(2)8-6-5-7-9-14-11-17(16-15-14)10-13(3)4/h2*13-15H,5-12H2,1-4H3;2*11-13H,5-10H2,1-4H3. The van der Waals surface area contributed by atoms with Gasteiger partial charge in [-0.3, -0.25) is 9.36 Å². The van der Waals surface area contributed by atoms with Crippen LogP contribution in [0.2, 0.25) is 0 Å². The highest BCUT2D eigenvalue weighted by Crippen LogP contribution is 2.16. The maximum absolute atomic E-state index is 4.22. The molecule has 0 aliphatic rings. The van der Waals surface area contributed by atoms with E-state index in [9.17, 15) is 0 Å². The highest BCUT2D eigenvalue weighted by Gasteiger charge is 2.08. The number of hydrogen-bond acceptors (Lipinski definition) is 8. The zero-order chi connectivity index (χ0) is 53.5. The van der Waals surface area contributed by atoms with Crippen molar-refractivity contribution in [2.24, 2.45) is 47.3 Å². The molecule has 0 N–H and O–H groups in total. The lowest BCUT2D eigenvalue weighted by Crippen LogP contribution is -2.07. The van der Waals surface area contributed by atoms with Crippen LogP contribution in [0.3, 0.4) is 0 Å². The third-order valence-corrected chi connectivity index (χ3v) is 13.0. The van der Waals surface area contributed by atoms with Gasteiger partial charge in [0.05, 0.1) is 35.2 Å². The van der Waals surface area contributed by atoms with Crippen LogP contribution >= 0.6 is 0 Å². The van der Waals surface area contributed by atoms with Crippen molar-refractivity contribution in [2.75, 3.05) is 0 Å². The second kappa shape index (κ2) is 41.9. The first-order valence-corrected chi connectivity index (χ1v) is 29.9. The Kier molecular flexibility index (Phi) is 38.7. The van der Waals surface area contributed by atoms with Gasteiger partial charge >= 0.3 is 0 Å². The lowest BCUT2D eigenvalue weighted by Gasteiger charge is -2.08. The molecule has 0 spiro atoms. The SMILES string of the molecule is CC(C)CCCCCCc1cnnn1CCC(C)C.CC(C)CCCCCCc1cnnn1CCC(C)C.CC(C)CCCCCc1cn(CC(C)C)nn1.CC(C)CCCc1cn(CCCC(C)C)nn1. The molecule has 0 atom stereocenters. The molecule has 4 aromatic heterocycles. The number of aromatic nitrogens is 12. The van der Waals surface area contributed by atoms with Crippen LogP contribution in [0.5, 0.6) is 0 Å². The molecule has 12 heteroatoms. The second-order valence-electron chi connectivity index (χ2n) is 24.6. The molecule has 4 heterocycles. The summed E-state index contributed by atoms with van der Waals surface area (Å²) in [6, 6.07) is 0. The monoisotopic (exact) mass is 1000 g/mol.